The summed E-state index contributed by atoms with van der Waals surface area (Å²) in [5.41, 5.74) is 4.17. The van der Waals surface area contributed by atoms with Crippen molar-refractivity contribution < 1.29 is 14.7 Å². The molecule has 6 heteroatoms. The summed E-state index contributed by atoms with van der Waals surface area (Å²) in [7, 11) is 0. The van der Waals surface area contributed by atoms with E-state index in [0.29, 0.717) is 16.7 Å². The maximum atomic E-state index is 13.1. The number of carbonyl (C=O) groups is 2. The molecule has 0 aromatic heterocycles. The highest BCUT2D eigenvalue weighted by Gasteiger charge is 2.25. The molecule has 0 bridgehead atoms. The van der Waals surface area contributed by atoms with Crippen LogP contribution in [0.15, 0.2) is 66.7 Å². The van der Waals surface area contributed by atoms with E-state index in [1.165, 1.54) is 25.5 Å². The molecule has 5 rings (SSSR count). The lowest BCUT2D eigenvalue weighted by Gasteiger charge is -2.24. The lowest BCUT2D eigenvalue weighted by Crippen LogP contribution is -2.32. The number of aryl methyl sites for hydroxylation is 1. The Morgan fingerprint density at radius 3 is 2.35 bits per heavy atom. The van der Waals surface area contributed by atoms with Crippen LogP contribution in [0.5, 0.6) is 5.75 Å². The summed E-state index contributed by atoms with van der Waals surface area (Å²) in [5, 5.41) is 13.3. The van der Waals surface area contributed by atoms with Crippen LogP contribution in [0.25, 0.3) is 0 Å². The zero-order valence-electron chi connectivity index (χ0n) is 21.5. The van der Waals surface area contributed by atoms with Gasteiger partial charge in [-0.05, 0) is 74.5 Å². The van der Waals surface area contributed by atoms with Crippen LogP contribution in [0.4, 0.5) is 11.4 Å². The Morgan fingerprint density at radius 2 is 1.62 bits per heavy atom. The number of ketones is 1. The minimum Gasteiger partial charge on any atom is -0.506 e. The predicted molar refractivity (Wildman–Crippen MR) is 148 cm³/mol. The van der Waals surface area contributed by atoms with Crippen LogP contribution in [-0.4, -0.2) is 54.4 Å². The Morgan fingerprint density at radius 1 is 0.892 bits per heavy atom. The molecule has 1 aliphatic carbocycles. The normalized spacial score (nSPS) is 16.3. The number of carbonyl (C=O) groups excluding carboxylic acids is 2. The first-order chi connectivity index (χ1) is 18.0. The lowest BCUT2D eigenvalue weighted by atomic mass is 10.00. The number of phenols is 1. The van der Waals surface area contributed by atoms with Crippen LogP contribution in [0.1, 0.15) is 51.1 Å². The van der Waals surface area contributed by atoms with Gasteiger partial charge in [-0.15, -0.1) is 0 Å². The van der Waals surface area contributed by atoms with E-state index in [0.717, 1.165) is 49.8 Å². The van der Waals surface area contributed by atoms with Crippen molar-refractivity contribution in [1.82, 2.24) is 4.90 Å². The van der Waals surface area contributed by atoms with Crippen LogP contribution in [0.2, 0.25) is 0 Å². The molecular weight excluding hydrogens is 462 g/mol. The van der Waals surface area contributed by atoms with E-state index in [9.17, 15) is 14.7 Å². The third kappa shape index (κ3) is 6.38. The summed E-state index contributed by atoms with van der Waals surface area (Å²) >= 11 is 0. The number of nitrogens with zero attached hydrogens (tertiary/aromatic N) is 2. The van der Waals surface area contributed by atoms with Crippen LogP contribution in [0, 0.1) is 12.8 Å². The van der Waals surface area contributed by atoms with E-state index < -0.39 is 0 Å². The number of amides is 1. The van der Waals surface area contributed by atoms with Gasteiger partial charge in [0.25, 0.3) is 5.91 Å². The minimum atomic E-state index is -0.316. The Kier molecular flexibility index (Phi) is 7.56. The van der Waals surface area contributed by atoms with Crippen molar-refractivity contribution in [3.05, 3.63) is 89.0 Å². The second-order valence-electron chi connectivity index (χ2n) is 10.4. The fraction of sp³-hybridized carbons (Fsp3) is 0.355. The number of para-hydroxylation sites is 1. The molecule has 1 saturated heterocycles. The van der Waals surface area contributed by atoms with Crippen LogP contribution < -0.4 is 10.2 Å². The minimum absolute atomic E-state index is 0.0560. The molecule has 6 nitrogen and oxygen atoms in total. The molecule has 3 aromatic rings. The quantitative estimate of drug-likeness (QED) is 0.326. The van der Waals surface area contributed by atoms with Crippen molar-refractivity contribution in [2.24, 2.45) is 5.92 Å². The van der Waals surface area contributed by atoms with Crippen molar-refractivity contribution in [2.45, 2.75) is 32.6 Å². The summed E-state index contributed by atoms with van der Waals surface area (Å²) in [6, 6.07) is 20.0. The maximum absolute atomic E-state index is 13.1. The van der Waals surface area contributed by atoms with Gasteiger partial charge in [-0.1, -0.05) is 42.0 Å². The van der Waals surface area contributed by atoms with Gasteiger partial charge < -0.3 is 20.2 Å². The van der Waals surface area contributed by atoms with E-state index >= 15 is 0 Å². The van der Waals surface area contributed by atoms with Gasteiger partial charge in [0.05, 0.1) is 5.69 Å². The number of aromatic hydroxyl groups is 1. The highest BCUT2D eigenvalue weighted by molar-refractivity contribution is 6.06. The molecule has 0 spiro atoms. The SMILES string of the molecule is Cc1ccc(C(=O)Cc2cccc(O)c2NC(=O)c2ccc(N3CCCN(CC4CC4)CC3)cc2)cc1. The third-order valence-corrected chi connectivity index (χ3v) is 7.39. The van der Waals surface area contributed by atoms with Crippen molar-refractivity contribution in [3.63, 3.8) is 0 Å². The number of benzene rings is 3. The number of nitrogens with one attached hydrogen (secondary N) is 1. The third-order valence-electron chi connectivity index (χ3n) is 7.39. The van der Waals surface area contributed by atoms with Gasteiger partial charge in [0.1, 0.15) is 5.75 Å². The first kappa shape index (κ1) is 25.0. The smallest absolute Gasteiger partial charge is 0.255 e. The largest absolute Gasteiger partial charge is 0.506 e. The van der Waals surface area contributed by atoms with Gasteiger partial charge in [0.15, 0.2) is 5.78 Å². The highest BCUT2D eigenvalue weighted by atomic mass is 16.3. The molecule has 1 aliphatic heterocycles. The average Bonchev–Trinajstić information content (AvgIpc) is 3.74. The highest BCUT2D eigenvalue weighted by Crippen LogP contribution is 2.31. The van der Waals surface area contributed by atoms with Crippen molar-refractivity contribution in [3.8, 4) is 5.75 Å². The van der Waals surface area contributed by atoms with E-state index in [1.807, 2.05) is 43.3 Å². The summed E-state index contributed by atoms with van der Waals surface area (Å²) in [6.07, 6.45) is 4.00. The Hall–Kier alpha value is -3.64. The van der Waals surface area contributed by atoms with Crippen LogP contribution in [-0.2, 0) is 6.42 Å². The second-order valence-corrected chi connectivity index (χ2v) is 10.4. The summed E-state index contributed by atoms with van der Waals surface area (Å²) < 4.78 is 0. The standard InChI is InChI=1S/C31H35N3O3/c1-22-6-10-24(11-7-22)29(36)20-26-4-2-5-28(35)30(26)32-31(37)25-12-14-27(15-13-25)34-17-3-16-33(18-19-34)21-23-8-9-23/h2,4-7,10-15,23,35H,3,8-9,16-21H2,1H3,(H,32,37). The lowest BCUT2D eigenvalue weighted by molar-refractivity contribution is 0.0989. The van der Waals surface area contributed by atoms with Gasteiger partial charge >= 0.3 is 0 Å². The topological polar surface area (TPSA) is 72.9 Å². The zero-order chi connectivity index (χ0) is 25.8. The monoisotopic (exact) mass is 497 g/mol. The fourth-order valence-corrected chi connectivity index (χ4v) is 4.98. The molecule has 2 fully saturated rings. The van der Waals surface area contributed by atoms with Gasteiger partial charge in [-0.25, -0.2) is 0 Å². The average molecular weight is 498 g/mol. The van der Waals surface area contributed by atoms with E-state index in [-0.39, 0.29) is 29.5 Å². The molecule has 3 aromatic carbocycles. The van der Waals surface area contributed by atoms with Crippen molar-refractivity contribution in [2.75, 3.05) is 42.9 Å². The number of Topliss-reactive ketones (excluding diaryl/α,β-unsaturated/α-hetero) is 1. The van der Waals surface area contributed by atoms with Crippen LogP contribution >= 0.6 is 0 Å². The molecule has 2 N–H and O–H groups in total. The maximum Gasteiger partial charge on any atom is 0.255 e. The van der Waals surface area contributed by atoms with Crippen molar-refractivity contribution in [1.29, 1.82) is 0 Å². The number of hydrogen-bond donors (Lipinski definition) is 2. The number of anilines is 2. The molecule has 0 atom stereocenters. The van der Waals surface area contributed by atoms with E-state index in [4.69, 9.17) is 0 Å². The van der Waals surface area contributed by atoms with Gasteiger partial charge in [0.2, 0.25) is 0 Å². The number of hydrogen-bond acceptors (Lipinski definition) is 5. The van der Waals surface area contributed by atoms with E-state index in [2.05, 4.69) is 15.1 Å². The Labute approximate surface area is 218 Å². The molecule has 192 valence electrons. The molecule has 1 amide bonds. The zero-order valence-corrected chi connectivity index (χ0v) is 21.5. The Bertz CT molecular complexity index is 1250. The summed E-state index contributed by atoms with van der Waals surface area (Å²) in [4.78, 5) is 30.9. The summed E-state index contributed by atoms with van der Waals surface area (Å²) in [6.45, 7) is 7.45. The second kappa shape index (κ2) is 11.2. The number of phenolic OH excluding ortho intramolecular Hbond substituents is 1. The van der Waals surface area contributed by atoms with Gasteiger partial charge in [-0.3, -0.25) is 9.59 Å². The van der Waals surface area contributed by atoms with Crippen molar-refractivity contribution >= 4 is 23.1 Å². The summed E-state index contributed by atoms with van der Waals surface area (Å²) in [5.74, 6) is 0.469. The first-order valence-electron chi connectivity index (χ1n) is 13.3. The molecule has 1 heterocycles. The molecule has 2 aliphatic rings. The van der Waals surface area contributed by atoms with Gasteiger partial charge in [-0.2, -0.15) is 0 Å². The molecular formula is C31H35N3O3. The fourth-order valence-electron chi connectivity index (χ4n) is 4.98. The Balaban J connectivity index is 1.24. The predicted octanol–water partition coefficient (Wildman–Crippen LogP) is 5.30. The number of rotatable bonds is 8. The molecule has 37 heavy (non-hydrogen) atoms. The van der Waals surface area contributed by atoms with Gasteiger partial charge in [0, 0.05) is 49.4 Å². The van der Waals surface area contributed by atoms with E-state index in [1.54, 1.807) is 24.3 Å². The molecule has 0 radical (unpaired) electrons. The first-order valence-corrected chi connectivity index (χ1v) is 13.3. The van der Waals surface area contributed by atoms with Crippen LogP contribution in [0.3, 0.4) is 0 Å². The molecule has 1 saturated carbocycles. The molecule has 0 unspecified atom stereocenters.